The van der Waals surface area contributed by atoms with Crippen molar-refractivity contribution < 1.29 is 39.5 Å². The van der Waals surface area contributed by atoms with Crippen molar-refractivity contribution in [3.8, 4) is 0 Å². The third-order valence-electron chi connectivity index (χ3n) is 1.58. The van der Waals surface area contributed by atoms with Gasteiger partial charge in [-0.25, -0.2) is 0 Å². The van der Waals surface area contributed by atoms with Crippen molar-refractivity contribution in [3.63, 3.8) is 0 Å². The molecule has 0 fully saturated rings. The van der Waals surface area contributed by atoms with Gasteiger partial charge in [-0.2, -0.15) is 0 Å². The van der Waals surface area contributed by atoms with Crippen LogP contribution in [-0.4, -0.2) is 5.97 Å². The Labute approximate surface area is 96.3 Å². The molecule has 0 aliphatic rings. The fourth-order valence-corrected chi connectivity index (χ4v) is 0.796. The fraction of sp³-hybridized carbons (Fsp3) is 0.667. The fourth-order valence-electron chi connectivity index (χ4n) is 0.796. The predicted octanol–water partition coefficient (Wildman–Crippen LogP) is -1.73. The van der Waals surface area contributed by atoms with Gasteiger partial charge in [-0.3, -0.25) is 0 Å². The smallest absolute Gasteiger partial charge is 0.545 e. The summed E-state index contributed by atoms with van der Waals surface area (Å²) in [5.74, 6) is -1.05. The topological polar surface area (TPSA) is 40.1 Å². The minimum atomic E-state index is -1.05. The van der Waals surface area contributed by atoms with Crippen molar-refractivity contribution in [3.05, 3.63) is 11.6 Å². The van der Waals surface area contributed by atoms with Gasteiger partial charge in [0, 0.05) is 0 Å². The molecule has 3 heteroatoms. The molecule has 0 aromatic rings. The van der Waals surface area contributed by atoms with Crippen LogP contribution in [0.4, 0.5) is 0 Å². The second-order valence-electron chi connectivity index (χ2n) is 2.67. The van der Waals surface area contributed by atoms with Gasteiger partial charge in [0.2, 0.25) is 0 Å². The number of allylic oxidation sites excluding steroid dienone is 1. The minimum absolute atomic E-state index is 0. The van der Waals surface area contributed by atoms with Crippen LogP contribution in [0.1, 0.15) is 39.5 Å². The summed E-state index contributed by atoms with van der Waals surface area (Å²) in [7, 11) is 0. The summed E-state index contributed by atoms with van der Waals surface area (Å²) in [6.07, 6.45) is 5.98. The summed E-state index contributed by atoms with van der Waals surface area (Å²) in [5, 5.41) is 10.2. The van der Waals surface area contributed by atoms with E-state index >= 15 is 0 Å². The van der Waals surface area contributed by atoms with Gasteiger partial charge in [0.1, 0.15) is 0 Å². The van der Waals surface area contributed by atoms with Gasteiger partial charge in [0.15, 0.2) is 0 Å². The van der Waals surface area contributed by atoms with Crippen molar-refractivity contribution in [1.29, 1.82) is 0 Å². The molecular formula is C9H15NaO2. The molecule has 0 aromatic heterocycles. The Morgan fingerprint density at radius 1 is 1.42 bits per heavy atom. The number of carbonyl (C=O) groups is 1. The van der Waals surface area contributed by atoms with Crippen LogP contribution in [0.2, 0.25) is 0 Å². The Morgan fingerprint density at radius 3 is 2.42 bits per heavy atom. The number of rotatable bonds is 5. The molecule has 0 amide bonds. The molecule has 0 saturated carbocycles. The first kappa shape index (κ1) is 14.7. The number of unbranched alkanes of at least 4 members (excludes halogenated alkanes) is 3. The van der Waals surface area contributed by atoms with Crippen LogP contribution < -0.4 is 34.7 Å². The molecule has 12 heavy (non-hydrogen) atoms. The second-order valence-corrected chi connectivity index (χ2v) is 2.67. The predicted molar refractivity (Wildman–Crippen MR) is 42.9 cm³/mol. The van der Waals surface area contributed by atoms with E-state index in [1.54, 1.807) is 13.0 Å². The molecule has 0 aliphatic heterocycles. The summed E-state index contributed by atoms with van der Waals surface area (Å²) in [6.45, 7) is 3.69. The van der Waals surface area contributed by atoms with E-state index in [0.29, 0.717) is 5.57 Å². The zero-order valence-corrected chi connectivity index (χ0v) is 10.2. The number of hydrogen-bond acceptors (Lipinski definition) is 2. The van der Waals surface area contributed by atoms with E-state index < -0.39 is 5.97 Å². The Bertz CT molecular complexity index is 153. The van der Waals surface area contributed by atoms with Crippen LogP contribution in [-0.2, 0) is 4.79 Å². The molecule has 0 N–H and O–H groups in total. The van der Waals surface area contributed by atoms with Gasteiger partial charge in [-0.15, -0.1) is 0 Å². The molecule has 0 saturated heterocycles. The molecule has 0 rings (SSSR count). The quantitative estimate of drug-likeness (QED) is 0.285. The van der Waals surface area contributed by atoms with Crippen LogP contribution >= 0.6 is 0 Å². The summed E-state index contributed by atoms with van der Waals surface area (Å²) in [6, 6.07) is 0. The first-order valence-corrected chi connectivity index (χ1v) is 4.06. The largest absolute Gasteiger partial charge is 1.00 e. The van der Waals surface area contributed by atoms with Gasteiger partial charge in [0.05, 0.1) is 5.97 Å². The first-order valence-electron chi connectivity index (χ1n) is 4.06. The molecule has 2 nitrogen and oxygen atoms in total. The van der Waals surface area contributed by atoms with E-state index in [4.69, 9.17) is 0 Å². The summed E-state index contributed by atoms with van der Waals surface area (Å²) in [4.78, 5) is 10.2. The van der Waals surface area contributed by atoms with E-state index in [2.05, 4.69) is 6.92 Å². The Balaban J connectivity index is 0. The van der Waals surface area contributed by atoms with Gasteiger partial charge >= 0.3 is 29.6 Å². The monoisotopic (exact) mass is 178 g/mol. The van der Waals surface area contributed by atoms with Gasteiger partial charge < -0.3 is 9.90 Å². The van der Waals surface area contributed by atoms with E-state index in [0.717, 1.165) is 25.7 Å². The van der Waals surface area contributed by atoms with Gasteiger partial charge in [-0.1, -0.05) is 25.8 Å². The second kappa shape index (κ2) is 9.30. The first-order chi connectivity index (χ1) is 5.18. The van der Waals surface area contributed by atoms with Crippen LogP contribution in [0.5, 0.6) is 0 Å². The van der Waals surface area contributed by atoms with Gasteiger partial charge in [0.25, 0.3) is 0 Å². The minimum Gasteiger partial charge on any atom is -0.545 e. The Hall–Kier alpha value is 0.210. The SMILES string of the molecule is CCCCCC=C(C)C(=O)[O-].[Na+]. The van der Waals surface area contributed by atoms with Crippen molar-refractivity contribution in [2.75, 3.05) is 0 Å². The van der Waals surface area contributed by atoms with Crippen LogP contribution in [0, 0.1) is 0 Å². The average Bonchev–Trinajstić information content (AvgIpc) is 1.97. The Kier molecular flexibility index (Phi) is 11.4. The molecule has 0 radical (unpaired) electrons. The number of carboxylic acid groups (broad SMARTS) is 1. The third kappa shape index (κ3) is 8.31. The van der Waals surface area contributed by atoms with E-state index in [1.165, 1.54) is 0 Å². The summed E-state index contributed by atoms with van der Waals surface area (Å²) in [5.41, 5.74) is 0.348. The van der Waals surface area contributed by atoms with Crippen molar-refractivity contribution in [1.82, 2.24) is 0 Å². The van der Waals surface area contributed by atoms with E-state index in [9.17, 15) is 9.90 Å². The maximum Gasteiger partial charge on any atom is 1.00 e. The molecule has 0 aliphatic carbocycles. The molecule has 0 aromatic carbocycles. The number of carboxylic acids is 1. The number of hydrogen-bond donors (Lipinski definition) is 0. The molecule has 0 atom stereocenters. The molecule has 0 bridgehead atoms. The van der Waals surface area contributed by atoms with Crippen molar-refractivity contribution >= 4 is 5.97 Å². The number of carbonyl (C=O) groups excluding carboxylic acids is 1. The summed E-state index contributed by atoms with van der Waals surface area (Å²) >= 11 is 0. The maximum absolute atomic E-state index is 10.2. The van der Waals surface area contributed by atoms with Crippen LogP contribution in [0.15, 0.2) is 11.6 Å². The van der Waals surface area contributed by atoms with Crippen LogP contribution in [0.25, 0.3) is 0 Å². The molecule has 64 valence electrons. The molecule has 0 heterocycles. The summed E-state index contributed by atoms with van der Waals surface area (Å²) < 4.78 is 0. The maximum atomic E-state index is 10.2. The molecule has 0 unspecified atom stereocenters. The number of aliphatic carboxylic acids is 1. The van der Waals surface area contributed by atoms with E-state index in [1.807, 2.05) is 0 Å². The Morgan fingerprint density at radius 2 is 2.00 bits per heavy atom. The zero-order valence-electron chi connectivity index (χ0n) is 8.22. The standard InChI is InChI=1S/C9H16O2.Na/c1-3-4-5-6-7-8(2)9(10)11;/h7H,3-6H2,1-2H3,(H,10,11);/q;+1/p-1. The third-order valence-corrected chi connectivity index (χ3v) is 1.58. The van der Waals surface area contributed by atoms with Crippen molar-refractivity contribution in [2.24, 2.45) is 0 Å². The van der Waals surface area contributed by atoms with Crippen molar-refractivity contribution in [2.45, 2.75) is 39.5 Å². The van der Waals surface area contributed by atoms with Gasteiger partial charge in [-0.05, 0) is 25.3 Å². The zero-order chi connectivity index (χ0) is 8.69. The van der Waals surface area contributed by atoms with Crippen LogP contribution in [0.3, 0.4) is 0 Å². The average molecular weight is 178 g/mol. The van der Waals surface area contributed by atoms with E-state index in [-0.39, 0.29) is 29.6 Å². The normalized spacial score (nSPS) is 10.7. The molecular weight excluding hydrogens is 163 g/mol. The molecule has 0 spiro atoms.